The van der Waals surface area contributed by atoms with Gasteiger partial charge in [0, 0.05) is 6.20 Å². The van der Waals surface area contributed by atoms with Gasteiger partial charge < -0.3 is 5.32 Å². The number of hydrogen-bond donors (Lipinski definition) is 1. The Balaban J connectivity index is 2.91. The summed E-state index contributed by atoms with van der Waals surface area (Å²) in [6, 6.07) is 4.08. The maximum absolute atomic E-state index is 12.7. The van der Waals surface area contributed by atoms with Gasteiger partial charge in [0.15, 0.2) is 0 Å². The first-order chi connectivity index (χ1) is 10.5. The van der Waals surface area contributed by atoms with Crippen LogP contribution in [-0.4, -0.2) is 16.9 Å². The summed E-state index contributed by atoms with van der Waals surface area (Å²) in [5, 5.41) is 11.8. The van der Waals surface area contributed by atoms with E-state index in [1.165, 1.54) is 18.3 Å². The lowest BCUT2D eigenvalue weighted by molar-refractivity contribution is -0.117. The molecule has 1 aromatic heterocycles. The van der Waals surface area contributed by atoms with Gasteiger partial charge in [0.2, 0.25) is 5.95 Å². The number of carbonyl (C=O) groups excluding carboxylic acids is 1. The second kappa shape index (κ2) is 8.32. The fourth-order valence-electron chi connectivity index (χ4n) is 1.67. The highest BCUT2D eigenvalue weighted by atomic mass is 19.1. The third-order valence-electron chi connectivity index (χ3n) is 2.82. The third kappa shape index (κ3) is 4.84. The second-order valence-corrected chi connectivity index (χ2v) is 4.39. The number of hydrogen-bond acceptors (Lipinski definition) is 3. The minimum atomic E-state index is -0.626. The smallest absolute Gasteiger partial charge is 0.262 e. The number of nitrogens with zero attached hydrogens (tertiary/aromatic N) is 2. The average molecular weight is 297 g/mol. The topological polar surface area (TPSA) is 65.8 Å². The first kappa shape index (κ1) is 17.1. The number of nitrogens with one attached hydrogen (secondary N) is 1. The zero-order valence-electron chi connectivity index (χ0n) is 12.2. The van der Waals surface area contributed by atoms with E-state index in [-0.39, 0.29) is 11.6 Å². The SMILES string of the molecule is C=C/C=C(\C=C)C(C)NC(=O)/C(C#N)=C/c1ccc(F)nc1. The van der Waals surface area contributed by atoms with Crippen molar-refractivity contribution < 1.29 is 9.18 Å². The first-order valence-electron chi connectivity index (χ1n) is 6.51. The van der Waals surface area contributed by atoms with E-state index in [2.05, 4.69) is 23.5 Å². The number of carbonyl (C=O) groups is 1. The zero-order valence-corrected chi connectivity index (χ0v) is 12.2. The van der Waals surface area contributed by atoms with Gasteiger partial charge in [-0.25, -0.2) is 4.98 Å². The summed E-state index contributed by atoms with van der Waals surface area (Å²) >= 11 is 0. The average Bonchev–Trinajstić information content (AvgIpc) is 2.51. The van der Waals surface area contributed by atoms with Gasteiger partial charge in [0.05, 0.1) is 6.04 Å². The largest absolute Gasteiger partial charge is 0.345 e. The molecule has 1 atom stereocenters. The molecule has 0 aliphatic carbocycles. The molecule has 1 aromatic rings. The zero-order chi connectivity index (χ0) is 16.5. The summed E-state index contributed by atoms with van der Waals surface area (Å²) in [4.78, 5) is 15.6. The maximum Gasteiger partial charge on any atom is 0.262 e. The van der Waals surface area contributed by atoms with Gasteiger partial charge in [-0.15, -0.1) is 0 Å². The highest BCUT2D eigenvalue weighted by molar-refractivity contribution is 6.01. The van der Waals surface area contributed by atoms with E-state index in [1.54, 1.807) is 25.2 Å². The summed E-state index contributed by atoms with van der Waals surface area (Å²) in [6.07, 6.45) is 7.50. The molecule has 1 amide bonds. The number of halogens is 1. The van der Waals surface area contributed by atoms with Crippen molar-refractivity contribution in [3.63, 3.8) is 0 Å². The van der Waals surface area contributed by atoms with Crippen LogP contribution in [0.5, 0.6) is 0 Å². The molecule has 0 aliphatic rings. The number of pyridine rings is 1. The molecule has 1 rings (SSSR count). The highest BCUT2D eigenvalue weighted by Crippen LogP contribution is 2.09. The molecular weight excluding hydrogens is 281 g/mol. The number of rotatable bonds is 6. The quantitative estimate of drug-likeness (QED) is 0.380. The molecule has 0 fully saturated rings. The molecule has 0 saturated heterocycles. The Labute approximate surface area is 129 Å². The van der Waals surface area contributed by atoms with Crippen molar-refractivity contribution >= 4 is 12.0 Å². The Morgan fingerprint density at radius 2 is 2.23 bits per heavy atom. The first-order valence-corrected chi connectivity index (χ1v) is 6.51. The molecule has 0 spiro atoms. The van der Waals surface area contributed by atoms with Gasteiger partial charge in [-0.2, -0.15) is 9.65 Å². The minimum Gasteiger partial charge on any atom is -0.345 e. The number of allylic oxidation sites excluding steroid dienone is 2. The van der Waals surface area contributed by atoms with Crippen molar-refractivity contribution in [2.24, 2.45) is 0 Å². The molecule has 0 radical (unpaired) electrons. The predicted octanol–water partition coefficient (Wildman–Crippen LogP) is 2.93. The Bertz CT molecular complexity index is 666. The second-order valence-electron chi connectivity index (χ2n) is 4.39. The van der Waals surface area contributed by atoms with Gasteiger partial charge in [-0.05, 0) is 36.3 Å². The Morgan fingerprint density at radius 1 is 1.50 bits per heavy atom. The molecule has 0 aliphatic heterocycles. The van der Waals surface area contributed by atoms with Crippen LogP contribution in [0.15, 0.2) is 60.9 Å². The molecule has 112 valence electrons. The van der Waals surface area contributed by atoms with E-state index in [1.807, 2.05) is 6.07 Å². The van der Waals surface area contributed by atoms with Gasteiger partial charge >= 0.3 is 0 Å². The van der Waals surface area contributed by atoms with Gasteiger partial charge in [0.1, 0.15) is 11.6 Å². The van der Waals surface area contributed by atoms with Crippen LogP contribution in [0, 0.1) is 17.3 Å². The molecule has 0 saturated carbocycles. The summed E-state index contributed by atoms with van der Waals surface area (Å²) < 4.78 is 12.7. The summed E-state index contributed by atoms with van der Waals surface area (Å²) in [6.45, 7) is 9.01. The van der Waals surface area contributed by atoms with E-state index < -0.39 is 11.9 Å². The van der Waals surface area contributed by atoms with Crippen LogP contribution in [0.25, 0.3) is 6.08 Å². The molecule has 1 N–H and O–H groups in total. The predicted molar refractivity (Wildman–Crippen MR) is 83.9 cm³/mol. The van der Waals surface area contributed by atoms with Crippen LogP contribution in [0.1, 0.15) is 12.5 Å². The third-order valence-corrected chi connectivity index (χ3v) is 2.82. The van der Waals surface area contributed by atoms with Crippen LogP contribution in [0.4, 0.5) is 4.39 Å². The normalized spacial score (nSPS) is 13.0. The lowest BCUT2D eigenvalue weighted by Crippen LogP contribution is -2.34. The van der Waals surface area contributed by atoms with Crippen molar-refractivity contribution in [2.45, 2.75) is 13.0 Å². The van der Waals surface area contributed by atoms with Gasteiger partial charge in [0.25, 0.3) is 5.91 Å². The van der Waals surface area contributed by atoms with Gasteiger partial charge in [-0.3, -0.25) is 4.79 Å². The Hall–Kier alpha value is -3.00. The Morgan fingerprint density at radius 3 is 2.73 bits per heavy atom. The molecule has 22 heavy (non-hydrogen) atoms. The molecule has 5 heteroatoms. The van der Waals surface area contributed by atoms with Crippen LogP contribution in [-0.2, 0) is 4.79 Å². The number of nitriles is 1. The van der Waals surface area contributed by atoms with Crippen LogP contribution >= 0.6 is 0 Å². The van der Waals surface area contributed by atoms with E-state index in [4.69, 9.17) is 5.26 Å². The van der Waals surface area contributed by atoms with Gasteiger partial charge in [-0.1, -0.05) is 31.4 Å². The summed E-state index contributed by atoms with van der Waals surface area (Å²) in [5.74, 6) is -1.16. The number of amides is 1. The van der Waals surface area contributed by atoms with E-state index in [0.717, 1.165) is 11.6 Å². The lowest BCUT2D eigenvalue weighted by Gasteiger charge is -2.14. The molecule has 0 aromatic carbocycles. The standard InChI is InChI=1S/C17H16FN3O/c1-4-6-14(5-2)12(3)21-17(22)15(10-19)9-13-7-8-16(18)20-11-13/h4-9,11-12H,1-2H2,3H3,(H,21,22)/b14-6+,15-9+. The van der Waals surface area contributed by atoms with Crippen LogP contribution in [0.3, 0.4) is 0 Å². The maximum atomic E-state index is 12.7. The molecular formula is C17H16FN3O. The molecule has 1 heterocycles. The van der Waals surface area contributed by atoms with Crippen LogP contribution in [0.2, 0.25) is 0 Å². The van der Waals surface area contributed by atoms with E-state index >= 15 is 0 Å². The highest BCUT2D eigenvalue weighted by Gasteiger charge is 2.14. The van der Waals surface area contributed by atoms with Crippen molar-refractivity contribution in [3.05, 3.63) is 72.4 Å². The van der Waals surface area contributed by atoms with Crippen molar-refractivity contribution in [3.8, 4) is 6.07 Å². The van der Waals surface area contributed by atoms with Crippen LogP contribution < -0.4 is 5.32 Å². The molecule has 4 nitrogen and oxygen atoms in total. The number of aromatic nitrogens is 1. The minimum absolute atomic E-state index is 0.0951. The monoisotopic (exact) mass is 297 g/mol. The Kier molecular flexibility index (Phi) is 6.45. The fraction of sp³-hybridized carbons (Fsp3) is 0.118. The van der Waals surface area contributed by atoms with Crippen molar-refractivity contribution in [1.29, 1.82) is 5.26 Å². The van der Waals surface area contributed by atoms with Crippen molar-refractivity contribution in [2.75, 3.05) is 0 Å². The van der Waals surface area contributed by atoms with E-state index in [9.17, 15) is 9.18 Å². The molecule has 0 bridgehead atoms. The fourth-order valence-corrected chi connectivity index (χ4v) is 1.67. The van der Waals surface area contributed by atoms with E-state index in [0.29, 0.717) is 5.56 Å². The summed E-state index contributed by atoms with van der Waals surface area (Å²) in [7, 11) is 0. The summed E-state index contributed by atoms with van der Waals surface area (Å²) in [5.41, 5.74) is 1.14. The lowest BCUT2D eigenvalue weighted by atomic mass is 10.1. The van der Waals surface area contributed by atoms with Crippen molar-refractivity contribution in [1.82, 2.24) is 10.3 Å². The molecule has 1 unspecified atom stereocenters.